The van der Waals surface area contributed by atoms with E-state index >= 15 is 0 Å². The number of rotatable bonds is 4. The van der Waals surface area contributed by atoms with Crippen LogP contribution < -0.4 is 10.5 Å². The summed E-state index contributed by atoms with van der Waals surface area (Å²) in [5.41, 5.74) is 2.39. The zero-order chi connectivity index (χ0) is 20.5. The highest BCUT2D eigenvalue weighted by atomic mass is 16.1. The lowest BCUT2D eigenvalue weighted by Gasteiger charge is -2.35. The normalized spacial score (nSPS) is 17.8. The first kappa shape index (κ1) is 18.9. The van der Waals surface area contributed by atoms with Crippen LogP contribution >= 0.6 is 0 Å². The molecule has 5 rings (SSSR count). The van der Waals surface area contributed by atoms with Crippen molar-refractivity contribution >= 4 is 5.82 Å². The zero-order valence-electron chi connectivity index (χ0n) is 17.2. The Balaban J connectivity index is 1.28. The van der Waals surface area contributed by atoms with E-state index in [0.717, 1.165) is 51.3 Å². The summed E-state index contributed by atoms with van der Waals surface area (Å²) in [5, 5.41) is 8.72. The molecule has 0 unspecified atom stereocenters. The highest BCUT2D eigenvalue weighted by Crippen LogP contribution is 2.29. The summed E-state index contributed by atoms with van der Waals surface area (Å²) in [4.78, 5) is 26.2. The highest BCUT2D eigenvalue weighted by molar-refractivity contribution is 5.49. The van der Waals surface area contributed by atoms with Gasteiger partial charge >= 0.3 is 0 Å². The third kappa shape index (κ3) is 3.72. The van der Waals surface area contributed by atoms with Crippen LogP contribution in [0.3, 0.4) is 0 Å². The Hall–Kier alpha value is -3.07. The van der Waals surface area contributed by atoms with Gasteiger partial charge in [0.15, 0.2) is 5.82 Å². The first-order valence-electron chi connectivity index (χ1n) is 10.5. The Bertz CT molecular complexity index is 1070. The molecule has 0 aliphatic carbocycles. The van der Waals surface area contributed by atoms with Crippen LogP contribution in [0.15, 0.2) is 41.7 Å². The molecule has 9 nitrogen and oxygen atoms in total. The van der Waals surface area contributed by atoms with E-state index in [1.54, 1.807) is 34.0 Å². The monoisotopic (exact) mass is 406 g/mol. The molecule has 0 amide bonds. The molecule has 3 aromatic rings. The minimum Gasteiger partial charge on any atom is -0.356 e. The topological polar surface area (TPSA) is 85.0 Å². The van der Waals surface area contributed by atoms with E-state index in [1.807, 2.05) is 12.3 Å². The molecule has 0 bridgehead atoms. The van der Waals surface area contributed by atoms with Gasteiger partial charge in [-0.3, -0.25) is 4.79 Å². The van der Waals surface area contributed by atoms with Crippen molar-refractivity contribution in [3.63, 3.8) is 0 Å². The molecule has 0 spiro atoms. The molecule has 0 atom stereocenters. The molecule has 2 aliphatic rings. The molecule has 0 N–H and O–H groups in total. The molecule has 1 fully saturated rings. The average Bonchev–Trinajstić information content (AvgIpc) is 3.30. The number of fused-ring (bicyclic) bond motifs is 1. The number of nitrogens with zero attached hydrogens (tertiary/aromatic N) is 8. The van der Waals surface area contributed by atoms with Gasteiger partial charge in [-0.05, 0) is 37.9 Å². The molecular weight excluding hydrogens is 380 g/mol. The predicted octanol–water partition coefficient (Wildman–Crippen LogP) is 1.12. The third-order valence-electron chi connectivity index (χ3n) is 6.11. The molecule has 30 heavy (non-hydrogen) atoms. The Morgan fingerprint density at radius 1 is 1.13 bits per heavy atom. The number of aromatic nitrogens is 6. The van der Waals surface area contributed by atoms with Gasteiger partial charge in [0, 0.05) is 63.2 Å². The van der Waals surface area contributed by atoms with Crippen LogP contribution in [0, 0.1) is 5.92 Å². The molecule has 2 aliphatic heterocycles. The van der Waals surface area contributed by atoms with Gasteiger partial charge in [-0.15, -0.1) is 5.10 Å². The first-order valence-corrected chi connectivity index (χ1v) is 10.5. The van der Waals surface area contributed by atoms with Crippen LogP contribution in [0.2, 0.25) is 0 Å². The molecular formula is C21H26N8O. The third-order valence-corrected chi connectivity index (χ3v) is 6.11. The van der Waals surface area contributed by atoms with Gasteiger partial charge in [-0.1, -0.05) is 0 Å². The second-order valence-corrected chi connectivity index (χ2v) is 8.20. The molecule has 0 radical (unpaired) electrons. The Kier molecular flexibility index (Phi) is 5.04. The van der Waals surface area contributed by atoms with Crippen LogP contribution in [0.25, 0.3) is 5.82 Å². The van der Waals surface area contributed by atoms with Crippen LogP contribution in [0.1, 0.15) is 24.1 Å². The van der Waals surface area contributed by atoms with Crippen LogP contribution in [0.5, 0.6) is 0 Å². The fourth-order valence-electron chi connectivity index (χ4n) is 4.40. The van der Waals surface area contributed by atoms with E-state index in [4.69, 9.17) is 0 Å². The molecule has 0 saturated carbocycles. The zero-order valence-corrected chi connectivity index (χ0v) is 17.2. The second kappa shape index (κ2) is 7.98. The number of hydrogen-bond donors (Lipinski definition) is 0. The average molecular weight is 406 g/mol. The second-order valence-electron chi connectivity index (χ2n) is 8.20. The summed E-state index contributed by atoms with van der Waals surface area (Å²) < 4.78 is 3.26. The van der Waals surface area contributed by atoms with Crippen molar-refractivity contribution in [1.82, 2.24) is 34.4 Å². The first-order chi connectivity index (χ1) is 14.7. The fourth-order valence-corrected chi connectivity index (χ4v) is 4.40. The van der Waals surface area contributed by atoms with E-state index in [9.17, 15) is 4.79 Å². The van der Waals surface area contributed by atoms with Crippen molar-refractivity contribution in [2.75, 3.05) is 31.6 Å². The molecule has 0 aromatic carbocycles. The maximum Gasteiger partial charge on any atom is 0.266 e. The Labute approximate surface area is 175 Å². The molecule has 5 heterocycles. The Morgan fingerprint density at radius 2 is 2.00 bits per heavy atom. The van der Waals surface area contributed by atoms with Crippen molar-refractivity contribution < 1.29 is 0 Å². The summed E-state index contributed by atoms with van der Waals surface area (Å²) in [7, 11) is 2.15. The molecule has 3 aromatic heterocycles. The summed E-state index contributed by atoms with van der Waals surface area (Å²) in [5.74, 6) is 2.16. The van der Waals surface area contributed by atoms with Crippen molar-refractivity contribution in [2.24, 2.45) is 5.92 Å². The van der Waals surface area contributed by atoms with E-state index < -0.39 is 0 Å². The maximum atomic E-state index is 12.3. The minimum absolute atomic E-state index is 0.0683. The van der Waals surface area contributed by atoms with Gasteiger partial charge in [0.05, 0.1) is 5.69 Å². The number of anilines is 1. The smallest absolute Gasteiger partial charge is 0.266 e. The summed E-state index contributed by atoms with van der Waals surface area (Å²) in [6, 6.07) is 5.13. The van der Waals surface area contributed by atoms with E-state index in [0.29, 0.717) is 18.3 Å². The lowest BCUT2D eigenvalue weighted by molar-refractivity contribution is 0.306. The van der Waals surface area contributed by atoms with Crippen molar-refractivity contribution in [3.05, 3.63) is 58.5 Å². The van der Waals surface area contributed by atoms with E-state index in [2.05, 4.69) is 37.0 Å². The predicted molar refractivity (Wildman–Crippen MR) is 113 cm³/mol. The quantitative estimate of drug-likeness (QED) is 0.642. The number of piperidine rings is 1. The van der Waals surface area contributed by atoms with Crippen molar-refractivity contribution in [3.8, 4) is 5.82 Å². The molecule has 1 saturated heterocycles. The lowest BCUT2D eigenvalue weighted by atomic mass is 9.96. The Morgan fingerprint density at radius 3 is 2.80 bits per heavy atom. The standard InChI is InChI=1S/C21H26N8O/c1-26-10-7-18-17(14-26)21(23-15-22-18)27-11-5-16(6-12-27)13-29-20(30)4-3-19(25-29)28-9-2-8-24-28/h2-4,8-9,15-16H,5-7,10-14H2,1H3. The fraction of sp³-hybridized carbons (Fsp3) is 0.476. The molecule has 156 valence electrons. The van der Waals surface area contributed by atoms with Gasteiger partial charge in [-0.2, -0.15) is 5.10 Å². The largest absolute Gasteiger partial charge is 0.356 e. The number of likely N-dealkylation sites (N-methyl/N-ethyl adjacent to an activating group) is 1. The molecule has 9 heteroatoms. The lowest BCUT2D eigenvalue weighted by Crippen LogP contribution is -2.39. The van der Waals surface area contributed by atoms with Gasteiger partial charge in [0.25, 0.3) is 5.56 Å². The summed E-state index contributed by atoms with van der Waals surface area (Å²) >= 11 is 0. The van der Waals surface area contributed by atoms with Gasteiger partial charge < -0.3 is 9.80 Å². The van der Waals surface area contributed by atoms with Gasteiger partial charge in [0.2, 0.25) is 0 Å². The van der Waals surface area contributed by atoms with E-state index in [1.165, 1.54) is 11.3 Å². The highest BCUT2D eigenvalue weighted by Gasteiger charge is 2.26. The van der Waals surface area contributed by atoms with Gasteiger partial charge in [-0.25, -0.2) is 19.3 Å². The summed E-state index contributed by atoms with van der Waals surface area (Å²) in [6.07, 6.45) is 8.24. The van der Waals surface area contributed by atoms with Crippen LogP contribution in [0.4, 0.5) is 5.82 Å². The maximum absolute atomic E-state index is 12.3. The number of hydrogen-bond acceptors (Lipinski definition) is 7. The summed E-state index contributed by atoms with van der Waals surface area (Å²) in [6.45, 7) is 4.46. The van der Waals surface area contributed by atoms with Gasteiger partial charge in [0.1, 0.15) is 12.1 Å². The SMILES string of the molecule is CN1CCc2ncnc(N3CCC(Cn4nc(-n5cccn5)ccc4=O)CC3)c2C1. The van der Waals surface area contributed by atoms with E-state index in [-0.39, 0.29) is 5.56 Å². The van der Waals surface area contributed by atoms with Crippen LogP contribution in [-0.2, 0) is 19.5 Å². The van der Waals surface area contributed by atoms with Crippen LogP contribution in [-0.4, -0.2) is 61.1 Å². The van der Waals surface area contributed by atoms with Crippen molar-refractivity contribution in [1.29, 1.82) is 0 Å². The minimum atomic E-state index is -0.0683. The van der Waals surface area contributed by atoms with Crippen molar-refractivity contribution in [2.45, 2.75) is 32.4 Å².